The van der Waals surface area contributed by atoms with Crippen LogP contribution in [0.15, 0.2) is 48.7 Å². The Morgan fingerprint density at radius 1 is 1.24 bits per heavy atom. The summed E-state index contributed by atoms with van der Waals surface area (Å²) >= 11 is 0. The molecule has 0 aliphatic heterocycles. The number of halogens is 1. The Labute approximate surface area is 144 Å². The molecule has 0 spiro atoms. The van der Waals surface area contributed by atoms with Gasteiger partial charge in [0.05, 0.1) is 7.11 Å². The zero-order chi connectivity index (χ0) is 18.0. The van der Waals surface area contributed by atoms with E-state index >= 15 is 0 Å². The second kappa shape index (κ2) is 6.76. The van der Waals surface area contributed by atoms with Gasteiger partial charge in [0.15, 0.2) is 6.29 Å². The van der Waals surface area contributed by atoms with Crippen molar-refractivity contribution in [2.45, 2.75) is 13.0 Å². The highest BCUT2D eigenvalue weighted by atomic mass is 19.1. The third kappa shape index (κ3) is 3.24. The minimum absolute atomic E-state index is 0.246. The largest absolute Gasteiger partial charge is 0.497 e. The molecule has 3 aromatic rings. The van der Waals surface area contributed by atoms with E-state index in [0.717, 1.165) is 0 Å². The highest BCUT2D eigenvalue weighted by molar-refractivity contribution is 6.00. The number of methoxy groups -OCH3 is 1. The molecule has 0 bridgehead atoms. The lowest BCUT2D eigenvalue weighted by molar-refractivity contribution is -0.118. The summed E-state index contributed by atoms with van der Waals surface area (Å²) in [7, 11) is 1.57. The first kappa shape index (κ1) is 16.7. The molecular weight excluding hydrogens is 323 g/mol. The Morgan fingerprint density at radius 3 is 2.60 bits per heavy atom. The number of carbonyl (C=O) groups is 2. The zero-order valence-corrected chi connectivity index (χ0v) is 13.8. The number of carbonyl (C=O) groups excluding carboxylic acids is 2. The first-order valence-corrected chi connectivity index (χ1v) is 7.73. The minimum Gasteiger partial charge on any atom is -0.497 e. The van der Waals surface area contributed by atoms with Crippen molar-refractivity contribution in [1.82, 2.24) is 4.57 Å². The Bertz CT molecular complexity index is 932. The summed E-state index contributed by atoms with van der Waals surface area (Å²) in [5.41, 5.74) is 1.61. The van der Waals surface area contributed by atoms with E-state index in [1.807, 2.05) is 0 Å². The van der Waals surface area contributed by atoms with Crippen LogP contribution >= 0.6 is 0 Å². The van der Waals surface area contributed by atoms with Gasteiger partial charge < -0.3 is 14.6 Å². The number of ether oxygens (including phenoxy) is 1. The van der Waals surface area contributed by atoms with Gasteiger partial charge in [-0.05, 0) is 49.4 Å². The van der Waals surface area contributed by atoms with Crippen molar-refractivity contribution in [3.63, 3.8) is 0 Å². The van der Waals surface area contributed by atoms with Gasteiger partial charge in [0.1, 0.15) is 17.6 Å². The number of nitrogens with one attached hydrogen (secondary N) is 1. The molecule has 0 aliphatic rings. The van der Waals surface area contributed by atoms with Crippen LogP contribution in [0.5, 0.6) is 5.75 Å². The monoisotopic (exact) mass is 340 g/mol. The predicted octanol–water partition coefficient (Wildman–Crippen LogP) is 3.80. The molecule has 1 aromatic heterocycles. The van der Waals surface area contributed by atoms with E-state index in [1.54, 1.807) is 55.1 Å². The van der Waals surface area contributed by atoms with Crippen molar-refractivity contribution in [2.24, 2.45) is 0 Å². The van der Waals surface area contributed by atoms with E-state index in [9.17, 15) is 14.0 Å². The van der Waals surface area contributed by atoms with Crippen LogP contribution in [-0.2, 0) is 4.79 Å². The van der Waals surface area contributed by atoms with Crippen LogP contribution in [0.4, 0.5) is 10.1 Å². The fourth-order valence-electron chi connectivity index (χ4n) is 2.72. The summed E-state index contributed by atoms with van der Waals surface area (Å²) in [5, 5.41) is 3.30. The van der Waals surface area contributed by atoms with Crippen LogP contribution in [-0.4, -0.2) is 23.9 Å². The van der Waals surface area contributed by atoms with E-state index in [-0.39, 0.29) is 5.91 Å². The molecule has 0 fully saturated rings. The number of benzene rings is 2. The maximum absolute atomic E-state index is 13.5. The number of anilines is 1. The Balaban J connectivity index is 1.89. The van der Waals surface area contributed by atoms with Crippen molar-refractivity contribution in [1.29, 1.82) is 0 Å². The molecule has 2 aromatic carbocycles. The van der Waals surface area contributed by atoms with Crippen LogP contribution < -0.4 is 10.1 Å². The number of aromatic nitrogens is 1. The highest BCUT2D eigenvalue weighted by Crippen LogP contribution is 2.25. The third-order valence-electron chi connectivity index (χ3n) is 4.11. The molecule has 1 amide bonds. The van der Waals surface area contributed by atoms with Crippen molar-refractivity contribution in [3.8, 4) is 5.75 Å². The van der Waals surface area contributed by atoms with Crippen LogP contribution in [0.3, 0.4) is 0 Å². The Morgan fingerprint density at radius 2 is 1.96 bits per heavy atom. The summed E-state index contributed by atoms with van der Waals surface area (Å²) in [4.78, 5) is 23.8. The minimum atomic E-state index is -0.580. The van der Waals surface area contributed by atoms with E-state index in [2.05, 4.69) is 5.32 Å². The smallest absolute Gasteiger partial charge is 0.247 e. The second-order valence-electron chi connectivity index (χ2n) is 5.66. The molecule has 3 rings (SSSR count). The molecule has 5 nitrogen and oxygen atoms in total. The van der Waals surface area contributed by atoms with Gasteiger partial charge in [-0.15, -0.1) is 0 Å². The van der Waals surface area contributed by atoms with Gasteiger partial charge in [-0.3, -0.25) is 9.59 Å². The molecule has 128 valence electrons. The zero-order valence-electron chi connectivity index (χ0n) is 13.8. The molecule has 0 radical (unpaired) electrons. The SMILES string of the molecule is COc1ccc(NC(=O)C(C)n2cc(C=O)c3cc(F)ccc32)cc1. The number of hydrogen-bond acceptors (Lipinski definition) is 3. The average Bonchev–Trinajstić information content (AvgIpc) is 2.99. The predicted molar refractivity (Wildman–Crippen MR) is 93.6 cm³/mol. The third-order valence-corrected chi connectivity index (χ3v) is 4.11. The molecule has 1 unspecified atom stereocenters. The van der Waals surface area contributed by atoms with Gasteiger partial charge in [-0.1, -0.05) is 0 Å². The van der Waals surface area contributed by atoms with Crippen LogP contribution in [0.1, 0.15) is 23.3 Å². The number of fused-ring (bicyclic) bond motifs is 1. The fraction of sp³-hybridized carbons (Fsp3) is 0.158. The van der Waals surface area contributed by atoms with Gasteiger partial charge in [-0.2, -0.15) is 0 Å². The summed E-state index contributed by atoms with van der Waals surface area (Å²) in [6.45, 7) is 1.72. The lowest BCUT2D eigenvalue weighted by Crippen LogP contribution is -2.23. The molecule has 25 heavy (non-hydrogen) atoms. The van der Waals surface area contributed by atoms with Crippen LogP contribution in [0.2, 0.25) is 0 Å². The molecule has 1 atom stereocenters. The van der Waals surface area contributed by atoms with E-state index < -0.39 is 11.9 Å². The lowest BCUT2D eigenvalue weighted by Gasteiger charge is -2.15. The first-order valence-electron chi connectivity index (χ1n) is 7.73. The lowest BCUT2D eigenvalue weighted by atomic mass is 10.2. The van der Waals surface area contributed by atoms with Gasteiger partial charge in [-0.25, -0.2) is 4.39 Å². The normalized spacial score (nSPS) is 12.0. The number of nitrogens with zero attached hydrogens (tertiary/aromatic N) is 1. The Hall–Kier alpha value is -3.15. The molecule has 1 N–H and O–H groups in total. The van der Waals surface area contributed by atoms with Gasteiger partial charge in [0, 0.05) is 28.4 Å². The molecular formula is C19H17FN2O3. The topological polar surface area (TPSA) is 60.3 Å². The molecule has 0 saturated carbocycles. The number of hydrogen-bond donors (Lipinski definition) is 1. The molecule has 0 aliphatic carbocycles. The van der Waals surface area contributed by atoms with E-state index in [4.69, 9.17) is 4.74 Å². The number of amides is 1. The first-order chi connectivity index (χ1) is 12.0. The summed E-state index contributed by atoms with van der Waals surface area (Å²) in [5.74, 6) is 0.0210. The molecule has 6 heteroatoms. The fourth-order valence-corrected chi connectivity index (χ4v) is 2.72. The van der Waals surface area contributed by atoms with Crippen LogP contribution in [0.25, 0.3) is 10.9 Å². The summed E-state index contributed by atoms with van der Waals surface area (Å²) in [6, 6.07) is 10.6. The quantitative estimate of drug-likeness (QED) is 0.719. The maximum atomic E-state index is 13.5. The van der Waals surface area contributed by atoms with Gasteiger partial charge in [0.25, 0.3) is 0 Å². The van der Waals surface area contributed by atoms with Gasteiger partial charge >= 0.3 is 0 Å². The standard InChI is InChI=1S/C19H17FN2O3/c1-12(19(24)21-15-4-6-16(25-2)7-5-15)22-10-13(11-23)17-9-14(20)3-8-18(17)22/h3-12H,1-2H3,(H,21,24). The van der Waals surface area contributed by atoms with Crippen molar-refractivity contribution in [3.05, 3.63) is 60.0 Å². The van der Waals surface area contributed by atoms with Crippen molar-refractivity contribution in [2.75, 3.05) is 12.4 Å². The average molecular weight is 340 g/mol. The van der Waals surface area contributed by atoms with Crippen molar-refractivity contribution < 1.29 is 18.7 Å². The summed E-state index contributed by atoms with van der Waals surface area (Å²) in [6.07, 6.45) is 2.22. The molecule has 0 saturated heterocycles. The Kier molecular flexibility index (Phi) is 4.52. The number of aldehydes is 1. The second-order valence-corrected chi connectivity index (χ2v) is 5.66. The number of rotatable bonds is 5. The van der Waals surface area contributed by atoms with E-state index in [1.165, 1.54) is 12.1 Å². The summed E-state index contributed by atoms with van der Waals surface area (Å²) < 4.78 is 20.2. The molecule has 1 heterocycles. The van der Waals surface area contributed by atoms with Crippen LogP contribution in [0, 0.1) is 5.82 Å². The van der Waals surface area contributed by atoms with Crippen molar-refractivity contribution >= 4 is 28.8 Å². The van der Waals surface area contributed by atoms with Gasteiger partial charge in [0.2, 0.25) is 5.91 Å². The van der Waals surface area contributed by atoms with E-state index in [0.29, 0.717) is 34.2 Å². The highest BCUT2D eigenvalue weighted by Gasteiger charge is 2.19. The maximum Gasteiger partial charge on any atom is 0.247 e.